The van der Waals surface area contributed by atoms with E-state index < -0.39 is 0 Å². The molecule has 1 aromatic rings. The maximum absolute atomic E-state index is 12.9. The average molecular weight is 321 g/mol. The van der Waals surface area contributed by atoms with Crippen molar-refractivity contribution in [2.24, 2.45) is 0 Å². The van der Waals surface area contributed by atoms with Crippen molar-refractivity contribution in [2.45, 2.75) is 0 Å². The molecule has 0 fully saturated rings. The predicted molar refractivity (Wildman–Crippen MR) is 62.6 cm³/mol. The van der Waals surface area contributed by atoms with Gasteiger partial charge in [0.05, 0.1) is 12.1 Å². The average Bonchev–Trinajstić information content (AvgIpc) is 2.09. The molecule has 0 aliphatic carbocycles. The lowest BCUT2D eigenvalue weighted by molar-refractivity contribution is 0.626. The van der Waals surface area contributed by atoms with Gasteiger partial charge in [-0.2, -0.15) is 0 Å². The van der Waals surface area contributed by atoms with Crippen LogP contribution in [0.2, 0.25) is 0 Å². The van der Waals surface area contributed by atoms with Crippen LogP contribution < -0.4 is 5.32 Å². The van der Waals surface area contributed by atoms with Gasteiger partial charge in [0, 0.05) is 8.95 Å². The zero-order valence-corrected chi connectivity index (χ0v) is 10.7. The SMILES string of the molecule is CNCC#Cc1c(Br)cc(F)cc1Br. The van der Waals surface area contributed by atoms with Crippen LogP contribution in [-0.2, 0) is 0 Å². The molecule has 0 unspecified atom stereocenters. The predicted octanol–water partition coefficient (Wildman–Crippen LogP) is 2.92. The van der Waals surface area contributed by atoms with Crippen LogP contribution in [0.3, 0.4) is 0 Å². The van der Waals surface area contributed by atoms with Crippen molar-refractivity contribution in [3.05, 3.63) is 32.5 Å². The highest BCUT2D eigenvalue weighted by atomic mass is 79.9. The van der Waals surface area contributed by atoms with Crippen LogP contribution in [-0.4, -0.2) is 13.6 Å². The first kappa shape index (κ1) is 11.7. The van der Waals surface area contributed by atoms with Crippen molar-refractivity contribution >= 4 is 31.9 Å². The molecule has 0 saturated carbocycles. The van der Waals surface area contributed by atoms with Gasteiger partial charge in [0.2, 0.25) is 0 Å². The van der Waals surface area contributed by atoms with Gasteiger partial charge in [-0.05, 0) is 51.0 Å². The minimum atomic E-state index is -0.289. The molecular weight excluding hydrogens is 313 g/mol. The summed E-state index contributed by atoms with van der Waals surface area (Å²) in [6.45, 7) is 0.607. The number of hydrogen-bond donors (Lipinski definition) is 1. The molecule has 14 heavy (non-hydrogen) atoms. The number of rotatable bonds is 1. The highest BCUT2D eigenvalue weighted by molar-refractivity contribution is 9.11. The Balaban J connectivity index is 3.04. The van der Waals surface area contributed by atoms with Crippen LogP contribution in [0.15, 0.2) is 21.1 Å². The van der Waals surface area contributed by atoms with Gasteiger partial charge in [-0.3, -0.25) is 0 Å². The summed E-state index contributed by atoms with van der Waals surface area (Å²) in [7, 11) is 1.82. The van der Waals surface area contributed by atoms with Crippen LogP contribution in [0.4, 0.5) is 4.39 Å². The highest BCUT2D eigenvalue weighted by Gasteiger charge is 2.04. The van der Waals surface area contributed by atoms with Crippen LogP contribution in [0.1, 0.15) is 5.56 Å². The third-order valence-corrected chi connectivity index (χ3v) is 2.74. The molecule has 1 N–H and O–H groups in total. The van der Waals surface area contributed by atoms with Gasteiger partial charge in [-0.25, -0.2) is 4.39 Å². The zero-order chi connectivity index (χ0) is 10.6. The summed E-state index contributed by atoms with van der Waals surface area (Å²) in [5, 5.41) is 2.91. The standard InChI is InChI=1S/C10H8Br2FN/c1-14-4-2-3-8-9(11)5-7(13)6-10(8)12/h5-6,14H,4H2,1H3. The summed E-state index contributed by atoms with van der Waals surface area (Å²) in [5.74, 6) is 5.56. The van der Waals surface area contributed by atoms with Crippen molar-refractivity contribution in [3.8, 4) is 11.8 Å². The summed E-state index contributed by atoms with van der Waals surface area (Å²) < 4.78 is 14.2. The Morgan fingerprint density at radius 3 is 2.43 bits per heavy atom. The van der Waals surface area contributed by atoms with Gasteiger partial charge in [0.15, 0.2) is 0 Å². The lowest BCUT2D eigenvalue weighted by atomic mass is 10.2. The fourth-order valence-corrected chi connectivity index (χ4v) is 2.21. The fourth-order valence-electron chi connectivity index (χ4n) is 0.883. The molecule has 0 spiro atoms. The van der Waals surface area contributed by atoms with Crippen LogP contribution in [0.25, 0.3) is 0 Å². The lowest BCUT2D eigenvalue weighted by Crippen LogP contribution is -2.04. The second kappa shape index (κ2) is 5.50. The summed E-state index contributed by atoms with van der Waals surface area (Å²) >= 11 is 6.51. The quantitative estimate of drug-likeness (QED) is 0.785. The molecule has 74 valence electrons. The van der Waals surface area contributed by atoms with E-state index in [0.717, 1.165) is 5.56 Å². The second-order valence-corrected chi connectivity index (χ2v) is 4.29. The van der Waals surface area contributed by atoms with Crippen molar-refractivity contribution < 1.29 is 4.39 Å². The number of hydrogen-bond acceptors (Lipinski definition) is 1. The number of nitrogens with one attached hydrogen (secondary N) is 1. The Bertz CT molecular complexity index is 370. The maximum atomic E-state index is 12.9. The van der Waals surface area contributed by atoms with Crippen LogP contribution in [0.5, 0.6) is 0 Å². The van der Waals surface area contributed by atoms with Gasteiger partial charge in [-0.15, -0.1) is 0 Å². The van der Waals surface area contributed by atoms with E-state index in [0.29, 0.717) is 15.5 Å². The van der Waals surface area contributed by atoms with Crippen molar-refractivity contribution in [1.29, 1.82) is 0 Å². The molecule has 0 radical (unpaired) electrons. The van der Waals surface area contributed by atoms with E-state index in [2.05, 4.69) is 49.0 Å². The minimum Gasteiger partial charge on any atom is -0.309 e. The van der Waals surface area contributed by atoms with Gasteiger partial charge in [0.1, 0.15) is 5.82 Å². The smallest absolute Gasteiger partial charge is 0.125 e. The monoisotopic (exact) mass is 319 g/mol. The Labute approximate surface area is 99.3 Å². The zero-order valence-electron chi connectivity index (χ0n) is 7.50. The molecular formula is C10H8Br2FN. The second-order valence-electron chi connectivity index (χ2n) is 2.58. The molecule has 0 saturated heterocycles. The Morgan fingerprint density at radius 1 is 1.36 bits per heavy atom. The first-order valence-electron chi connectivity index (χ1n) is 3.93. The molecule has 1 nitrogen and oxygen atoms in total. The van der Waals surface area contributed by atoms with E-state index >= 15 is 0 Å². The normalized spacial score (nSPS) is 9.43. The molecule has 1 rings (SSSR count). The van der Waals surface area contributed by atoms with Crippen molar-refractivity contribution in [1.82, 2.24) is 5.32 Å². The van der Waals surface area contributed by atoms with Crippen LogP contribution in [0, 0.1) is 17.7 Å². The maximum Gasteiger partial charge on any atom is 0.125 e. The number of halogens is 3. The third-order valence-electron chi connectivity index (χ3n) is 1.49. The van der Waals surface area contributed by atoms with E-state index in [1.54, 1.807) is 0 Å². The first-order valence-corrected chi connectivity index (χ1v) is 5.51. The van der Waals surface area contributed by atoms with E-state index in [-0.39, 0.29) is 5.82 Å². The molecule has 4 heteroatoms. The van der Waals surface area contributed by atoms with E-state index in [4.69, 9.17) is 0 Å². The molecule has 0 aromatic heterocycles. The van der Waals surface area contributed by atoms with Gasteiger partial charge in [0.25, 0.3) is 0 Å². The summed E-state index contributed by atoms with van der Waals surface area (Å²) in [4.78, 5) is 0. The van der Waals surface area contributed by atoms with E-state index in [1.807, 2.05) is 7.05 Å². The minimum absolute atomic E-state index is 0.289. The first-order chi connectivity index (χ1) is 6.65. The Kier molecular flexibility index (Phi) is 4.59. The Hall–Kier alpha value is -0.370. The topological polar surface area (TPSA) is 12.0 Å². The summed E-state index contributed by atoms with van der Waals surface area (Å²) in [5.41, 5.74) is 0.765. The molecule has 0 bridgehead atoms. The van der Waals surface area contributed by atoms with Gasteiger partial charge >= 0.3 is 0 Å². The lowest BCUT2D eigenvalue weighted by Gasteiger charge is -1.99. The fraction of sp³-hybridized carbons (Fsp3) is 0.200. The molecule has 1 aromatic carbocycles. The van der Waals surface area contributed by atoms with Crippen molar-refractivity contribution in [2.75, 3.05) is 13.6 Å². The van der Waals surface area contributed by atoms with E-state index in [1.165, 1.54) is 12.1 Å². The molecule has 0 amide bonds. The highest BCUT2D eigenvalue weighted by Crippen LogP contribution is 2.25. The largest absolute Gasteiger partial charge is 0.309 e. The van der Waals surface area contributed by atoms with E-state index in [9.17, 15) is 4.39 Å². The summed E-state index contributed by atoms with van der Waals surface area (Å²) in [6.07, 6.45) is 0. The van der Waals surface area contributed by atoms with Gasteiger partial charge in [-0.1, -0.05) is 11.8 Å². The van der Waals surface area contributed by atoms with Crippen LogP contribution >= 0.6 is 31.9 Å². The third kappa shape index (κ3) is 3.09. The Morgan fingerprint density at radius 2 is 1.93 bits per heavy atom. The summed E-state index contributed by atoms with van der Waals surface area (Å²) in [6, 6.07) is 2.79. The van der Waals surface area contributed by atoms with Crippen molar-refractivity contribution in [3.63, 3.8) is 0 Å². The number of benzene rings is 1. The molecule has 0 aliphatic heterocycles. The molecule has 0 atom stereocenters. The van der Waals surface area contributed by atoms with Gasteiger partial charge < -0.3 is 5.32 Å². The molecule has 0 heterocycles. The molecule has 0 aliphatic rings.